The molecule has 0 aromatic carbocycles. The number of nitrogens with zero attached hydrogens (tertiary/aromatic N) is 4. The highest BCUT2D eigenvalue weighted by atomic mass is 19.4. The molecule has 0 spiro atoms. The van der Waals surface area contributed by atoms with Gasteiger partial charge in [-0.3, -0.25) is 0 Å². The van der Waals surface area contributed by atoms with Crippen molar-refractivity contribution in [3.8, 4) is 11.3 Å². The third-order valence-corrected chi connectivity index (χ3v) is 3.93. The van der Waals surface area contributed by atoms with Gasteiger partial charge in [0.25, 0.3) is 0 Å². The van der Waals surface area contributed by atoms with Gasteiger partial charge in [-0.1, -0.05) is 0 Å². The highest BCUT2D eigenvalue weighted by Gasteiger charge is 2.32. The normalized spacial score (nSPS) is 18.6. The second-order valence-electron chi connectivity index (χ2n) is 5.50. The Balaban J connectivity index is 1.90. The van der Waals surface area contributed by atoms with Crippen molar-refractivity contribution in [1.82, 2.24) is 20.1 Å². The second kappa shape index (κ2) is 5.73. The first-order valence-corrected chi connectivity index (χ1v) is 7.19. The summed E-state index contributed by atoms with van der Waals surface area (Å²) in [6.07, 6.45) is -1.50. The molecule has 1 aliphatic rings. The van der Waals surface area contributed by atoms with Gasteiger partial charge in [-0.05, 0) is 19.5 Å². The maximum absolute atomic E-state index is 12.6. The second-order valence-corrected chi connectivity index (χ2v) is 5.50. The first-order valence-electron chi connectivity index (χ1n) is 7.19. The molecule has 9 heteroatoms. The van der Waals surface area contributed by atoms with E-state index >= 15 is 0 Å². The van der Waals surface area contributed by atoms with Crippen molar-refractivity contribution >= 4 is 11.5 Å². The zero-order valence-corrected chi connectivity index (χ0v) is 12.5. The van der Waals surface area contributed by atoms with E-state index in [1.807, 2.05) is 7.05 Å². The number of nitrogens with two attached hydrogens (primary N) is 1. The molecule has 0 saturated carbocycles. The molecule has 1 aliphatic heterocycles. The topological polar surface area (TPSA) is 72.0 Å². The third-order valence-electron chi connectivity index (χ3n) is 3.93. The Bertz CT molecular complexity index is 696. The number of hydrogen-bond acceptors (Lipinski definition) is 5. The Hall–Kier alpha value is -2.29. The van der Waals surface area contributed by atoms with E-state index in [2.05, 4.69) is 20.3 Å². The number of hydrogen-bond donors (Lipinski definition) is 2. The molecule has 0 aliphatic carbocycles. The summed E-state index contributed by atoms with van der Waals surface area (Å²) in [6.45, 7) is 1.68. The Kier molecular flexibility index (Phi) is 3.88. The number of anilines is 2. The minimum absolute atomic E-state index is 0.0419. The Labute approximate surface area is 131 Å². The van der Waals surface area contributed by atoms with Gasteiger partial charge in [0, 0.05) is 42.6 Å². The quantitative estimate of drug-likeness (QED) is 0.900. The van der Waals surface area contributed by atoms with Gasteiger partial charge in [0.05, 0.1) is 11.9 Å². The molecule has 0 amide bonds. The summed E-state index contributed by atoms with van der Waals surface area (Å²) in [7, 11) is 1.91. The van der Waals surface area contributed by atoms with Crippen LogP contribution in [0.1, 0.15) is 6.42 Å². The lowest BCUT2D eigenvalue weighted by atomic mass is 10.2. The van der Waals surface area contributed by atoms with Crippen molar-refractivity contribution in [2.24, 2.45) is 0 Å². The van der Waals surface area contributed by atoms with Crippen molar-refractivity contribution in [2.75, 3.05) is 30.8 Å². The standard InChI is InChI=1S/C14H17F3N6/c1-19-10-2-3-22(8-10)11-4-12(21-13(18)5-11)9-6-20-23(7-9)14(15,16)17/h4-7,10,19H,2-3,8H2,1H3,(H2,18,21). The molecule has 3 N–H and O–H groups in total. The lowest BCUT2D eigenvalue weighted by molar-refractivity contribution is -0.212. The number of alkyl halides is 3. The summed E-state index contributed by atoms with van der Waals surface area (Å²) in [5.41, 5.74) is 7.33. The van der Waals surface area contributed by atoms with Crippen LogP contribution in [0.3, 0.4) is 0 Å². The van der Waals surface area contributed by atoms with E-state index in [9.17, 15) is 13.2 Å². The van der Waals surface area contributed by atoms with Crippen molar-refractivity contribution < 1.29 is 13.2 Å². The van der Waals surface area contributed by atoms with Gasteiger partial charge in [0.15, 0.2) is 0 Å². The van der Waals surface area contributed by atoms with Crippen LogP contribution < -0.4 is 16.0 Å². The number of pyridine rings is 1. The van der Waals surface area contributed by atoms with E-state index in [0.717, 1.165) is 37.6 Å². The van der Waals surface area contributed by atoms with Crippen LogP contribution in [0.2, 0.25) is 0 Å². The molecule has 1 atom stereocenters. The number of likely N-dealkylation sites (N-methyl/N-ethyl adjacent to an activating group) is 1. The van der Waals surface area contributed by atoms with Crippen molar-refractivity contribution in [1.29, 1.82) is 0 Å². The molecule has 124 valence electrons. The van der Waals surface area contributed by atoms with Gasteiger partial charge in [-0.25, -0.2) is 4.98 Å². The fourth-order valence-electron chi connectivity index (χ4n) is 2.69. The number of rotatable bonds is 3. The van der Waals surface area contributed by atoms with Crippen LogP contribution in [0.15, 0.2) is 24.5 Å². The molecule has 3 heterocycles. The van der Waals surface area contributed by atoms with Gasteiger partial charge >= 0.3 is 6.30 Å². The van der Waals surface area contributed by atoms with E-state index in [4.69, 9.17) is 5.73 Å². The minimum Gasteiger partial charge on any atom is -0.384 e. The number of aromatic nitrogens is 3. The van der Waals surface area contributed by atoms with Crippen LogP contribution >= 0.6 is 0 Å². The van der Waals surface area contributed by atoms with E-state index in [-0.39, 0.29) is 16.1 Å². The molecule has 0 bridgehead atoms. The predicted octanol–water partition coefficient (Wildman–Crippen LogP) is 1.80. The SMILES string of the molecule is CNC1CCN(c2cc(N)nc(-c3cnn(C(F)(F)F)c3)c2)C1. The summed E-state index contributed by atoms with van der Waals surface area (Å²) in [6, 6.07) is 3.86. The molecule has 0 radical (unpaired) electrons. The van der Waals surface area contributed by atoms with Crippen molar-refractivity contribution in [3.05, 3.63) is 24.5 Å². The summed E-state index contributed by atoms with van der Waals surface area (Å²) >= 11 is 0. The summed E-state index contributed by atoms with van der Waals surface area (Å²) in [5.74, 6) is 0.269. The molecule has 23 heavy (non-hydrogen) atoms. The van der Waals surface area contributed by atoms with Crippen molar-refractivity contribution in [2.45, 2.75) is 18.8 Å². The Morgan fingerprint density at radius 2 is 2.13 bits per heavy atom. The number of nitrogens with one attached hydrogen (secondary N) is 1. The van der Waals surface area contributed by atoms with E-state index < -0.39 is 6.30 Å². The first-order chi connectivity index (χ1) is 10.9. The van der Waals surface area contributed by atoms with Gasteiger partial charge < -0.3 is 16.0 Å². The Morgan fingerprint density at radius 3 is 2.74 bits per heavy atom. The van der Waals surface area contributed by atoms with E-state index in [0.29, 0.717) is 11.7 Å². The molecule has 2 aromatic rings. The van der Waals surface area contributed by atoms with Crippen LogP contribution in [0.4, 0.5) is 24.7 Å². The summed E-state index contributed by atoms with van der Waals surface area (Å²) in [5, 5.41) is 6.55. The van der Waals surface area contributed by atoms with Crippen LogP contribution in [0, 0.1) is 0 Å². The van der Waals surface area contributed by atoms with Gasteiger partial charge in [0.2, 0.25) is 0 Å². The van der Waals surface area contributed by atoms with Crippen LogP contribution in [-0.4, -0.2) is 40.9 Å². The summed E-state index contributed by atoms with van der Waals surface area (Å²) < 4.78 is 37.9. The molecular formula is C14H17F3N6. The number of halogens is 3. The molecule has 1 fully saturated rings. The fraction of sp³-hybridized carbons (Fsp3) is 0.429. The third kappa shape index (κ3) is 3.24. The van der Waals surface area contributed by atoms with Gasteiger partial charge in [0.1, 0.15) is 5.82 Å². The maximum atomic E-state index is 12.6. The zero-order valence-electron chi connectivity index (χ0n) is 12.5. The fourth-order valence-corrected chi connectivity index (χ4v) is 2.69. The molecule has 2 aromatic heterocycles. The van der Waals surface area contributed by atoms with Crippen LogP contribution in [-0.2, 0) is 6.30 Å². The van der Waals surface area contributed by atoms with Crippen LogP contribution in [0.25, 0.3) is 11.3 Å². The molecule has 1 unspecified atom stereocenters. The average Bonchev–Trinajstić information content (AvgIpc) is 3.15. The monoisotopic (exact) mass is 326 g/mol. The highest BCUT2D eigenvalue weighted by Crippen LogP contribution is 2.29. The smallest absolute Gasteiger partial charge is 0.384 e. The van der Waals surface area contributed by atoms with Gasteiger partial charge in [-0.15, -0.1) is 13.2 Å². The molecular weight excluding hydrogens is 309 g/mol. The van der Waals surface area contributed by atoms with Crippen LogP contribution in [0.5, 0.6) is 0 Å². The van der Waals surface area contributed by atoms with E-state index in [1.54, 1.807) is 12.1 Å². The number of nitrogen functional groups attached to an aromatic ring is 1. The van der Waals surface area contributed by atoms with Gasteiger partial charge in [-0.2, -0.15) is 9.78 Å². The lowest BCUT2D eigenvalue weighted by Crippen LogP contribution is -2.29. The maximum Gasteiger partial charge on any atom is 0.504 e. The molecule has 3 rings (SSSR count). The Morgan fingerprint density at radius 1 is 1.35 bits per heavy atom. The lowest BCUT2D eigenvalue weighted by Gasteiger charge is -2.19. The summed E-state index contributed by atoms with van der Waals surface area (Å²) in [4.78, 5) is 6.26. The average molecular weight is 326 g/mol. The van der Waals surface area contributed by atoms with E-state index in [1.165, 1.54) is 0 Å². The minimum atomic E-state index is -4.55. The largest absolute Gasteiger partial charge is 0.504 e. The predicted molar refractivity (Wildman–Crippen MR) is 80.8 cm³/mol. The highest BCUT2D eigenvalue weighted by molar-refractivity contribution is 5.67. The van der Waals surface area contributed by atoms with Crippen molar-refractivity contribution in [3.63, 3.8) is 0 Å². The zero-order chi connectivity index (χ0) is 16.6. The molecule has 1 saturated heterocycles. The molecule has 6 nitrogen and oxygen atoms in total. The first kappa shape index (κ1) is 15.6.